The van der Waals surface area contributed by atoms with E-state index in [-0.39, 0.29) is 5.91 Å². The predicted molar refractivity (Wildman–Crippen MR) is 86.6 cm³/mol. The molecule has 1 saturated heterocycles. The van der Waals surface area contributed by atoms with Crippen molar-refractivity contribution in [2.45, 2.75) is 31.6 Å². The second-order valence-corrected chi connectivity index (χ2v) is 6.62. The molecule has 2 aliphatic heterocycles. The van der Waals surface area contributed by atoms with Crippen LogP contribution in [0.5, 0.6) is 0 Å². The van der Waals surface area contributed by atoms with E-state index in [2.05, 4.69) is 24.5 Å². The van der Waals surface area contributed by atoms with Crippen LogP contribution in [-0.4, -0.2) is 37.5 Å². The number of hydrogen-bond donors (Lipinski definition) is 0. The first-order valence-electron chi connectivity index (χ1n) is 7.79. The summed E-state index contributed by atoms with van der Waals surface area (Å²) in [6, 6.07) is 8.13. The van der Waals surface area contributed by atoms with Gasteiger partial charge in [0.25, 0.3) is 0 Å². The molecule has 1 aromatic rings. The van der Waals surface area contributed by atoms with Crippen molar-refractivity contribution in [2.75, 3.05) is 31.6 Å². The molecule has 0 spiro atoms. The molecular formula is C18H24N2O. The van der Waals surface area contributed by atoms with Crippen LogP contribution in [0.25, 0.3) is 0 Å². The van der Waals surface area contributed by atoms with Gasteiger partial charge in [-0.2, -0.15) is 0 Å². The zero-order valence-corrected chi connectivity index (χ0v) is 13.1. The van der Waals surface area contributed by atoms with Gasteiger partial charge in [-0.15, -0.1) is 0 Å². The van der Waals surface area contributed by atoms with Gasteiger partial charge in [0.15, 0.2) is 0 Å². The van der Waals surface area contributed by atoms with Gasteiger partial charge in [-0.3, -0.25) is 9.69 Å². The van der Waals surface area contributed by atoms with Gasteiger partial charge >= 0.3 is 0 Å². The third-order valence-electron chi connectivity index (χ3n) is 4.89. The van der Waals surface area contributed by atoms with E-state index in [0.29, 0.717) is 0 Å². The average molecular weight is 284 g/mol. The molecular weight excluding hydrogens is 260 g/mol. The molecule has 3 nitrogen and oxygen atoms in total. The summed E-state index contributed by atoms with van der Waals surface area (Å²) < 4.78 is 0. The molecule has 2 aliphatic rings. The SMILES string of the molecule is C=C(CN1CCCC1)CC1(C)C(=O)N(C)c2ccccc21. The van der Waals surface area contributed by atoms with Gasteiger partial charge in [0.2, 0.25) is 5.91 Å². The average Bonchev–Trinajstić information content (AvgIpc) is 3.03. The van der Waals surface area contributed by atoms with Crippen LogP contribution in [-0.2, 0) is 10.2 Å². The van der Waals surface area contributed by atoms with Crippen LogP contribution in [0.15, 0.2) is 36.4 Å². The molecule has 1 atom stereocenters. The topological polar surface area (TPSA) is 23.6 Å². The Morgan fingerprint density at radius 1 is 1.29 bits per heavy atom. The molecule has 2 heterocycles. The maximum Gasteiger partial charge on any atom is 0.237 e. The van der Waals surface area contributed by atoms with E-state index >= 15 is 0 Å². The number of amides is 1. The quantitative estimate of drug-likeness (QED) is 0.794. The Balaban J connectivity index is 1.80. The number of anilines is 1. The van der Waals surface area contributed by atoms with Gasteiger partial charge < -0.3 is 4.90 Å². The van der Waals surface area contributed by atoms with E-state index in [1.807, 2.05) is 25.2 Å². The normalized spacial score (nSPS) is 25.4. The van der Waals surface area contributed by atoms with Crippen LogP contribution in [0.3, 0.4) is 0 Å². The first-order chi connectivity index (χ1) is 10.0. The Morgan fingerprint density at radius 2 is 1.95 bits per heavy atom. The van der Waals surface area contributed by atoms with Crippen LogP contribution >= 0.6 is 0 Å². The Labute approximate surface area is 127 Å². The van der Waals surface area contributed by atoms with E-state index < -0.39 is 5.41 Å². The van der Waals surface area contributed by atoms with E-state index in [0.717, 1.165) is 29.8 Å². The van der Waals surface area contributed by atoms with Crippen molar-refractivity contribution in [3.05, 3.63) is 42.0 Å². The second-order valence-electron chi connectivity index (χ2n) is 6.62. The molecule has 0 radical (unpaired) electrons. The number of likely N-dealkylation sites (N-methyl/N-ethyl adjacent to an activating group) is 1. The molecule has 0 bridgehead atoms. The summed E-state index contributed by atoms with van der Waals surface area (Å²) in [5.41, 5.74) is 2.89. The minimum atomic E-state index is -0.456. The van der Waals surface area contributed by atoms with Crippen molar-refractivity contribution in [1.82, 2.24) is 4.90 Å². The fourth-order valence-corrected chi connectivity index (χ4v) is 3.81. The number of fused-ring (bicyclic) bond motifs is 1. The Kier molecular flexibility index (Phi) is 3.62. The van der Waals surface area contributed by atoms with Gasteiger partial charge in [-0.05, 0) is 50.9 Å². The standard InChI is InChI=1S/C18H24N2O/c1-14(13-20-10-6-7-11-20)12-18(2)15-8-4-5-9-16(15)19(3)17(18)21/h4-5,8-9H,1,6-7,10-13H2,2-3H3. The summed E-state index contributed by atoms with van der Waals surface area (Å²) in [4.78, 5) is 17.0. The molecule has 1 fully saturated rings. The van der Waals surface area contributed by atoms with Crippen molar-refractivity contribution in [2.24, 2.45) is 0 Å². The minimum absolute atomic E-state index is 0.186. The third kappa shape index (κ3) is 2.40. The molecule has 3 heteroatoms. The number of nitrogens with zero attached hydrogens (tertiary/aromatic N) is 2. The summed E-state index contributed by atoms with van der Waals surface area (Å²) in [6.45, 7) is 9.57. The molecule has 1 unspecified atom stereocenters. The van der Waals surface area contributed by atoms with Crippen LogP contribution < -0.4 is 4.90 Å². The highest BCUT2D eigenvalue weighted by Crippen LogP contribution is 2.44. The Morgan fingerprint density at radius 3 is 2.67 bits per heavy atom. The van der Waals surface area contributed by atoms with Crippen molar-refractivity contribution >= 4 is 11.6 Å². The highest BCUT2D eigenvalue weighted by molar-refractivity contribution is 6.07. The summed E-state index contributed by atoms with van der Waals surface area (Å²) in [6.07, 6.45) is 3.31. The van der Waals surface area contributed by atoms with Crippen molar-refractivity contribution in [3.63, 3.8) is 0 Å². The number of likely N-dealkylation sites (tertiary alicyclic amines) is 1. The smallest absolute Gasteiger partial charge is 0.237 e. The molecule has 0 N–H and O–H groups in total. The van der Waals surface area contributed by atoms with Crippen molar-refractivity contribution in [3.8, 4) is 0 Å². The molecule has 112 valence electrons. The van der Waals surface area contributed by atoms with E-state index in [9.17, 15) is 4.79 Å². The first kappa shape index (κ1) is 14.3. The molecule has 0 aliphatic carbocycles. The van der Waals surface area contributed by atoms with Gasteiger partial charge in [-0.25, -0.2) is 0 Å². The lowest BCUT2D eigenvalue weighted by atomic mass is 9.78. The first-order valence-corrected chi connectivity index (χ1v) is 7.79. The zero-order valence-electron chi connectivity index (χ0n) is 13.1. The van der Waals surface area contributed by atoms with Gasteiger partial charge in [0, 0.05) is 19.3 Å². The van der Waals surface area contributed by atoms with E-state index in [1.165, 1.54) is 25.9 Å². The van der Waals surface area contributed by atoms with Crippen LogP contribution in [0.1, 0.15) is 31.7 Å². The van der Waals surface area contributed by atoms with Crippen LogP contribution in [0, 0.1) is 0 Å². The minimum Gasteiger partial charge on any atom is -0.314 e. The van der Waals surface area contributed by atoms with Gasteiger partial charge in [0.1, 0.15) is 0 Å². The summed E-state index contributed by atoms with van der Waals surface area (Å²) >= 11 is 0. The largest absolute Gasteiger partial charge is 0.314 e. The van der Waals surface area contributed by atoms with Gasteiger partial charge in [-0.1, -0.05) is 30.4 Å². The molecule has 0 saturated carbocycles. The van der Waals surface area contributed by atoms with Crippen molar-refractivity contribution in [1.29, 1.82) is 0 Å². The highest BCUT2D eigenvalue weighted by Gasteiger charge is 2.45. The maximum absolute atomic E-state index is 12.7. The molecule has 0 aromatic heterocycles. The zero-order chi connectivity index (χ0) is 15.0. The number of rotatable bonds is 4. The Hall–Kier alpha value is -1.61. The number of carbonyl (C=O) groups excluding carboxylic acids is 1. The lowest BCUT2D eigenvalue weighted by Gasteiger charge is -2.26. The predicted octanol–water partition coefficient (Wildman–Crippen LogP) is 2.96. The maximum atomic E-state index is 12.7. The lowest BCUT2D eigenvalue weighted by Crippen LogP contribution is -2.37. The molecule has 1 amide bonds. The third-order valence-corrected chi connectivity index (χ3v) is 4.89. The fourth-order valence-electron chi connectivity index (χ4n) is 3.81. The number of para-hydroxylation sites is 1. The molecule has 3 rings (SSSR count). The molecule has 1 aromatic carbocycles. The number of benzene rings is 1. The summed E-state index contributed by atoms with van der Waals surface area (Å²) in [5.74, 6) is 0.186. The van der Waals surface area contributed by atoms with Crippen LogP contribution in [0.2, 0.25) is 0 Å². The van der Waals surface area contributed by atoms with Crippen molar-refractivity contribution < 1.29 is 4.79 Å². The van der Waals surface area contributed by atoms with Crippen LogP contribution in [0.4, 0.5) is 5.69 Å². The Bertz CT molecular complexity index is 574. The van der Waals surface area contributed by atoms with E-state index in [1.54, 1.807) is 4.90 Å². The number of carbonyl (C=O) groups is 1. The highest BCUT2D eigenvalue weighted by atomic mass is 16.2. The summed E-state index contributed by atoms with van der Waals surface area (Å²) in [5, 5.41) is 0. The lowest BCUT2D eigenvalue weighted by molar-refractivity contribution is -0.122. The monoisotopic (exact) mass is 284 g/mol. The second kappa shape index (κ2) is 5.30. The number of hydrogen-bond acceptors (Lipinski definition) is 2. The van der Waals surface area contributed by atoms with E-state index in [4.69, 9.17) is 0 Å². The fraction of sp³-hybridized carbons (Fsp3) is 0.500. The van der Waals surface area contributed by atoms with Gasteiger partial charge in [0.05, 0.1) is 5.41 Å². The molecule has 21 heavy (non-hydrogen) atoms. The summed E-state index contributed by atoms with van der Waals surface area (Å²) in [7, 11) is 1.87.